The van der Waals surface area contributed by atoms with Crippen molar-refractivity contribution in [3.05, 3.63) is 50.1 Å². The van der Waals surface area contributed by atoms with Crippen LogP contribution in [0, 0.1) is 10.1 Å². The first-order valence-corrected chi connectivity index (χ1v) is 8.60. The van der Waals surface area contributed by atoms with Crippen molar-refractivity contribution in [2.24, 2.45) is 0 Å². The quantitative estimate of drug-likeness (QED) is 0.667. The highest BCUT2D eigenvalue weighted by molar-refractivity contribution is 8.07. The Morgan fingerprint density at radius 1 is 1.43 bits per heavy atom. The molecule has 2 aliphatic rings. The highest BCUT2D eigenvalue weighted by atomic mass is 32.2. The van der Waals surface area contributed by atoms with Crippen LogP contribution in [0.3, 0.4) is 0 Å². The van der Waals surface area contributed by atoms with E-state index < -0.39 is 4.92 Å². The number of thioether (sulfide) groups is 2. The van der Waals surface area contributed by atoms with Crippen molar-refractivity contribution < 1.29 is 10.0 Å². The number of aromatic hydroxyl groups is 1. The van der Waals surface area contributed by atoms with Gasteiger partial charge < -0.3 is 5.11 Å². The van der Waals surface area contributed by atoms with Gasteiger partial charge in [0.05, 0.1) is 4.92 Å². The van der Waals surface area contributed by atoms with E-state index in [1.54, 1.807) is 17.8 Å². The van der Waals surface area contributed by atoms with E-state index in [1.165, 1.54) is 23.9 Å². The first-order chi connectivity index (χ1) is 11.1. The Morgan fingerprint density at radius 3 is 3.00 bits per heavy atom. The molecule has 2 aromatic rings. The molecule has 1 aromatic heterocycles. The topological polar surface area (TPSA) is 97.3 Å². The first-order valence-electron chi connectivity index (χ1n) is 6.84. The third kappa shape index (κ3) is 2.09. The minimum atomic E-state index is -0.576. The van der Waals surface area contributed by atoms with E-state index in [2.05, 4.69) is 10.2 Å². The summed E-state index contributed by atoms with van der Waals surface area (Å²) in [5.74, 6) is 0.515. The fraction of sp³-hybridized carbons (Fsp3) is 0.231. The van der Waals surface area contributed by atoms with Crippen LogP contribution >= 0.6 is 23.5 Å². The van der Waals surface area contributed by atoms with Crippen LogP contribution in [0.5, 0.6) is 5.75 Å². The van der Waals surface area contributed by atoms with Gasteiger partial charge in [-0.25, -0.2) is 4.68 Å². The molecule has 0 fully saturated rings. The molecule has 118 valence electrons. The normalized spacial score (nSPS) is 18.7. The van der Waals surface area contributed by atoms with Crippen LogP contribution in [0.4, 0.5) is 5.69 Å². The lowest BCUT2D eigenvalue weighted by Crippen LogP contribution is -2.30. The predicted octanol–water partition coefficient (Wildman–Crippen LogP) is 2.74. The molecule has 0 spiro atoms. The van der Waals surface area contributed by atoms with E-state index in [-0.39, 0.29) is 16.8 Å². The average molecular weight is 349 g/mol. The maximum absolute atomic E-state index is 11.1. The SMILES string of the molecule is CCc1nnc2n1N1C(=CSC1c1ccc(O)c([N+](=O)[O-])c1)S2. The summed E-state index contributed by atoms with van der Waals surface area (Å²) in [4.78, 5) is 10.5. The smallest absolute Gasteiger partial charge is 0.311 e. The molecule has 1 N–H and O–H groups in total. The predicted molar refractivity (Wildman–Crippen MR) is 86.7 cm³/mol. The zero-order valence-electron chi connectivity index (χ0n) is 11.9. The summed E-state index contributed by atoms with van der Waals surface area (Å²) in [6.07, 6.45) is 0.741. The summed E-state index contributed by atoms with van der Waals surface area (Å²) < 4.78 is 1.96. The Hall–Kier alpha value is -2.20. The number of rotatable bonds is 3. The van der Waals surface area contributed by atoms with Crippen LogP contribution in [0.15, 0.2) is 33.8 Å². The maximum atomic E-state index is 11.1. The van der Waals surface area contributed by atoms with E-state index in [1.807, 2.05) is 22.0 Å². The monoisotopic (exact) mass is 349 g/mol. The average Bonchev–Trinajstić information content (AvgIpc) is 3.18. The van der Waals surface area contributed by atoms with Gasteiger partial charge in [0, 0.05) is 17.9 Å². The Labute approximate surface area is 139 Å². The van der Waals surface area contributed by atoms with E-state index in [0.29, 0.717) is 0 Å². The molecule has 3 heterocycles. The van der Waals surface area contributed by atoms with E-state index in [9.17, 15) is 15.2 Å². The molecule has 10 heteroatoms. The third-order valence-corrected chi connectivity index (χ3v) is 5.82. The molecule has 0 saturated carbocycles. The number of nitro benzene ring substituents is 1. The van der Waals surface area contributed by atoms with Crippen molar-refractivity contribution in [1.29, 1.82) is 0 Å². The molecule has 1 aromatic carbocycles. The highest BCUT2D eigenvalue weighted by Gasteiger charge is 2.39. The number of hydrogen-bond donors (Lipinski definition) is 1. The molecule has 0 saturated heterocycles. The number of fused-ring (bicyclic) bond motifs is 3. The fourth-order valence-electron chi connectivity index (χ4n) is 2.57. The second kappa shape index (κ2) is 5.17. The van der Waals surface area contributed by atoms with Crippen molar-refractivity contribution in [1.82, 2.24) is 14.9 Å². The van der Waals surface area contributed by atoms with Gasteiger partial charge >= 0.3 is 5.69 Å². The fourth-order valence-corrected chi connectivity index (χ4v) is 4.81. The minimum absolute atomic E-state index is 0.153. The number of phenolic OH excluding ortho intramolecular Hbond substituents is 1. The molecule has 0 radical (unpaired) electrons. The van der Waals surface area contributed by atoms with Crippen LogP contribution in [-0.4, -0.2) is 24.9 Å². The summed E-state index contributed by atoms with van der Waals surface area (Å²) in [5, 5.41) is 34.8. The third-order valence-electron chi connectivity index (χ3n) is 3.63. The number of aryl methyl sites for hydroxylation is 1. The lowest BCUT2D eigenvalue weighted by molar-refractivity contribution is -0.385. The lowest BCUT2D eigenvalue weighted by Gasteiger charge is -2.25. The zero-order chi connectivity index (χ0) is 16.1. The van der Waals surface area contributed by atoms with Crippen molar-refractivity contribution in [2.75, 3.05) is 5.01 Å². The number of nitrogens with zero attached hydrogens (tertiary/aromatic N) is 5. The molecule has 0 bridgehead atoms. The number of benzene rings is 1. The van der Waals surface area contributed by atoms with Crippen LogP contribution < -0.4 is 5.01 Å². The summed E-state index contributed by atoms with van der Waals surface area (Å²) in [7, 11) is 0. The molecular weight excluding hydrogens is 338 g/mol. The second-order valence-corrected chi connectivity index (χ2v) is 6.90. The second-order valence-electron chi connectivity index (χ2n) is 4.96. The van der Waals surface area contributed by atoms with E-state index in [0.717, 1.165) is 28.0 Å². The molecule has 2 aliphatic heterocycles. The first kappa shape index (κ1) is 14.4. The van der Waals surface area contributed by atoms with Gasteiger partial charge in [-0.2, -0.15) is 0 Å². The van der Waals surface area contributed by atoms with Gasteiger partial charge in [0.25, 0.3) is 0 Å². The summed E-state index contributed by atoms with van der Waals surface area (Å²) in [6.45, 7) is 2.01. The minimum Gasteiger partial charge on any atom is -0.502 e. The van der Waals surface area contributed by atoms with Gasteiger partial charge in [-0.15, -0.1) is 10.2 Å². The molecule has 1 atom stereocenters. The highest BCUT2D eigenvalue weighted by Crippen LogP contribution is 2.51. The van der Waals surface area contributed by atoms with Crippen molar-refractivity contribution in [3.63, 3.8) is 0 Å². The van der Waals surface area contributed by atoms with Crippen LogP contribution in [0.25, 0.3) is 0 Å². The summed E-state index contributed by atoms with van der Waals surface area (Å²) in [6, 6.07) is 4.49. The van der Waals surface area contributed by atoms with Gasteiger partial charge in [0.1, 0.15) is 10.4 Å². The number of phenols is 1. The molecular formula is C13H11N5O3S2. The van der Waals surface area contributed by atoms with Crippen molar-refractivity contribution in [3.8, 4) is 5.75 Å². The van der Waals surface area contributed by atoms with E-state index in [4.69, 9.17) is 0 Å². The van der Waals surface area contributed by atoms with Gasteiger partial charge in [0.2, 0.25) is 5.16 Å². The molecule has 0 amide bonds. The Morgan fingerprint density at radius 2 is 2.26 bits per heavy atom. The van der Waals surface area contributed by atoms with E-state index >= 15 is 0 Å². The standard InChI is InChI=1S/C13H11N5O3S2/c1-2-10-14-15-13-16(10)17-11(23-13)6-22-12(17)7-3-4-9(19)8(5-7)18(20)21/h3-6,12,19H,2H2,1H3. The lowest BCUT2D eigenvalue weighted by atomic mass is 10.2. The van der Waals surface area contributed by atoms with Gasteiger partial charge in [-0.05, 0) is 23.4 Å². The summed E-state index contributed by atoms with van der Waals surface area (Å²) in [5.41, 5.74) is 0.457. The number of hydrogen-bond acceptors (Lipinski definition) is 8. The largest absolute Gasteiger partial charge is 0.502 e. The molecule has 4 rings (SSSR count). The van der Waals surface area contributed by atoms with Gasteiger partial charge in [-0.1, -0.05) is 24.8 Å². The van der Waals surface area contributed by atoms with Crippen LogP contribution in [-0.2, 0) is 6.42 Å². The Bertz CT molecular complexity index is 850. The molecule has 0 aliphatic carbocycles. The molecule has 8 nitrogen and oxygen atoms in total. The zero-order valence-corrected chi connectivity index (χ0v) is 13.5. The van der Waals surface area contributed by atoms with Crippen LogP contribution in [0.2, 0.25) is 0 Å². The van der Waals surface area contributed by atoms with Gasteiger partial charge in [-0.3, -0.25) is 15.1 Å². The summed E-state index contributed by atoms with van der Waals surface area (Å²) >= 11 is 3.09. The van der Waals surface area contributed by atoms with Gasteiger partial charge in [0.15, 0.2) is 11.6 Å². The number of nitro groups is 1. The maximum Gasteiger partial charge on any atom is 0.311 e. The van der Waals surface area contributed by atoms with Crippen molar-refractivity contribution >= 4 is 29.2 Å². The Balaban J connectivity index is 1.77. The van der Waals surface area contributed by atoms with Crippen LogP contribution in [0.1, 0.15) is 23.7 Å². The Kier molecular flexibility index (Phi) is 3.23. The molecule has 1 unspecified atom stereocenters. The molecule has 23 heavy (non-hydrogen) atoms. The number of aromatic nitrogens is 3. The van der Waals surface area contributed by atoms with Crippen molar-refractivity contribution in [2.45, 2.75) is 23.9 Å².